The topological polar surface area (TPSA) is 78.9 Å². The van der Waals surface area contributed by atoms with Crippen LogP contribution in [-0.2, 0) is 0 Å². The molecule has 0 saturated heterocycles. The van der Waals surface area contributed by atoms with Crippen molar-refractivity contribution in [2.24, 2.45) is 0 Å². The van der Waals surface area contributed by atoms with Gasteiger partial charge in [-0.15, -0.1) is 22.7 Å². The standard InChI is InChI=1S/C50H30O6S2/c1-53-31-15-21-43-37(25-31)45-35-23-29(13-19-41(35)57-43)49(51)55-39-17-11-27-7-3-5-9-33(27)47(39)48-34-10-6-4-8-28(34)12-18-40(48)56-50(52)30-14-20-42-36(24-30)46(45)38-26-32(54-2)16-22-44(38)58-42/h3-26H,1-2H3. The Bertz CT molecular complexity index is 3580. The number of rotatable bonds is 2. The summed E-state index contributed by atoms with van der Waals surface area (Å²) in [4.78, 5) is 29.3. The molecule has 6 nitrogen and oxygen atoms in total. The van der Waals surface area contributed by atoms with Gasteiger partial charge in [0.15, 0.2) is 0 Å². The molecule has 8 aromatic carbocycles. The van der Waals surface area contributed by atoms with E-state index in [-0.39, 0.29) is 0 Å². The van der Waals surface area contributed by atoms with Crippen molar-refractivity contribution < 1.29 is 18.3 Å². The monoisotopic (exact) mass is 790 g/mol. The summed E-state index contributed by atoms with van der Waals surface area (Å²) < 4.78 is 28.5. The van der Waals surface area contributed by atoms with E-state index in [0.29, 0.717) is 44.2 Å². The van der Waals surface area contributed by atoms with E-state index in [2.05, 4.69) is 12.1 Å². The molecular weight excluding hydrogens is 761 g/mol. The van der Waals surface area contributed by atoms with Crippen molar-refractivity contribution in [3.63, 3.8) is 0 Å². The average molecular weight is 791 g/mol. The summed E-state index contributed by atoms with van der Waals surface area (Å²) in [6.45, 7) is 0. The van der Waals surface area contributed by atoms with Gasteiger partial charge in [0.2, 0.25) is 0 Å². The molecule has 8 heteroatoms. The maximum atomic E-state index is 14.6. The summed E-state index contributed by atoms with van der Waals surface area (Å²) in [5.41, 5.74) is -0.329. The maximum absolute atomic E-state index is 14.6. The van der Waals surface area contributed by atoms with E-state index < -0.39 is 11.3 Å². The second-order valence-corrected chi connectivity index (χ2v) is 16.4. The van der Waals surface area contributed by atoms with Gasteiger partial charge < -0.3 is 18.3 Å². The molecule has 0 fully saturated rings. The zero-order valence-electron chi connectivity index (χ0n) is 31.1. The third kappa shape index (κ3) is 5.37. The Balaban J connectivity index is 1.49. The minimum absolute atomic E-state index is 0.349. The van der Waals surface area contributed by atoms with Gasteiger partial charge in [-0.05, 0) is 106 Å². The summed E-state index contributed by atoms with van der Waals surface area (Å²) in [5, 5.41) is 11.1. The highest BCUT2D eigenvalue weighted by molar-refractivity contribution is 7.25. The van der Waals surface area contributed by atoms with Gasteiger partial charge >= 0.3 is 11.3 Å². The first-order chi connectivity index (χ1) is 28.4. The molecule has 3 heterocycles. The average Bonchev–Trinajstić information content (AvgIpc) is 3.26. The van der Waals surface area contributed by atoms with Crippen LogP contribution in [0.2, 0.25) is 0 Å². The highest BCUT2D eigenvalue weighted by Gasteiger charge is 2.16. The molecular formula is C50H30O6S2. The lowest BCUT2D eigenvalue weighted by molar-refractivity contribution is 0.415. The normalized spacial score (nSPS) is 11.8. The van der Waals surface area contributed by atoms with Gasteiger partial charge in [-0.1, -0.05) is 60.7 Å². The third-order valence-corrected chi connectivity index (χ3v) is 13.3. The predicted molar refractivity (Wildman–Crippen MR) is 243 cm³/mol. The van der Waals surface area contributed by atoms with Gasteiger partial charge in [0.1, 0.15) is 22.7 Å². The minimum Gasteiger partial charge on any atom is -0.497 e. The van der Waals surface area contributed by atoms with Crippen molar-refractivity contribution in [1.82, 2.24) is 0 Å². The number of benzene rings is 8. The molecule has 0 spiro atoms. The zero-order chi connectivity index (χ0) is 39.1. The van der Waals surface area contributed by atoms with Gasteiger partial charge in [0.05, 0.1) is 25.0 Å². The Kier molecular flexibility index (Phi) is 7.86. The van der Waals surface area contributed by atoms with E-state index in [4.69, 9.17) is 18.3 Å². The molecule has 58 heavy (non-hydrogen) atoms. The number of methoxy groups -OCH3 is 2. The van der Waals surface area contributed by atoms with Crippen molar-refractivity contribution in [1.29, 1.82) is 0 Å². The van der Waals surface area contributed by atoms with E-state index in [1.165, 1.54) is 0 Å². The number of ether oxygens (including phenoxy) is 2. The highest BCUT2D eigenvalue weighted by Crippen LogP contribution is 2.44. The molecule has 0 aliphatic rings. The first-order valence-corrected chi connectivity index (χ1v) is 20.3. The van der Waals surface area contributed by atoms with Crippen LogP contribution in [0.1, 0.15) is 0 Å². The molecule has 0 unspecified atom stereocenters. The molecule has 11 rings (SSSR count). The van der Waals surface area contributed by atoms with E-state index >= 15 is 0 Å². The molecule has 0 atom stereocenters. The maximum Gasteiger partial charge on any atom is 0.343 e. The van der Waals surface area contributed by atoms with Crippen molar-refractivity contribution in [3.05, 3.63) is 166 Å². The molecule has 4 bridgehead atoms. The SMILES string of the molecule is COc1ccc2sc3ccc4cc3c(c2c1)c1c2cc(OC)ccc2sc2ccc(cc21)c(=O)oc1ccc2ccccc2c1c1c(ccc2ccccc21)oc4=O. The quantitative estimate of drug-likeness (QED) is 0.162. The molecule has 0 saturated carbocycles. The summed E-state index contributed by atoms with van der Waals surface area (Å²) in [6.07, 6.45) is 0. The lowest BCUT2D eigenvalue weighted by Gasteiger charge is -2.13. The second kappa shape index (κ2) is 13.3. The first-order valence-electron chi connectivity index (χ1n) is 18.7. The van der Waals surface area contributed by atoms with E-state index in [1.807, 2.05) is 133 Å². The van der Waals surface area contributed by atoms with E-state index in [1.54, 1.807) is 36.9 Å². The van der Waals surface area contributed by atoms with Crippen LogP contribution >= 0.6 is 22.7 Å². The summed E-state index contributed by atoms with van der Waals surface area (Å²) in [5.74, 6) is 1.39. The number of hydrogen-bond donors (Lipinski definition) is 0. The molecule has 278 valence electrons. The zero-order valence-corrected chi connectivity index (χ0v) is 32.8. The minimum atomic E-state index is -0.514. The fourth-order valence-electron chi connectivity index (χ4n) is 8.30. The fourth-order valence-corrected chi connectivity index (χ4v) is 10.4. The van der Waals surface area contributed by atoms with Crippen LogP contribution in [0.3, 0.4) is 0 Å². The van der Waals surface area contributed by atoms with Crippen molar-refractivity contribution >= 4 is 128 Å². The van der Waals surface area contributed by atoms with Crippen LogP contribution < -0.4 is 20.7 Å². The van der Waals surface area contributed by atoms with Gasteiger partial charge in [-0.2, -0.15) is 0 Å². The molecule has 0 amide bonds. The Morgan fingerprint density at radius 2 is 0.759 bits per heavy atom. The summed E-state index contributed by atoms with van der Waals surface area (Å²) in [7, 11) is 3.31. The Hall–Kier alpha value is -7.00. The molecule has 11 aromatic rings. The number of hydrogen-bond acceptors (Lipinski definition) is 8. The van der Waals surface area contributed by atoms with Crippen LogP contribution in [0, 0.1) is 0 Å². The summed E-state index contributed by atoms with van der Waals surface area (Å²) in [6, 6.07) is 47.1. The van der Waals surface area contributed by atoms with Crippen LogP contribution in [0.15, 0.2) is 164 Å². The second-order valence-electron chi connectivity index (χ2n) is 14.2. The van der Waals surface area contributed by atoms with Gasteiger partial charge in [0, 0.05) is 61.9 Å². The van der Waals surface area contributed by atoms with E-state index in [0.717, 1.165) is 72.7 Å². The molecule has 0 radical (unpaired) electrons. The predicted octanol–water partition coefficient (Wildman–Crippen LogP) is 13.5. The van der Waals surface area contributed by atoms with Crippen molar-refractivity contribution in [3.8, 4) is 11.5 Å². The molecule has 3 aromatic heterocycles. The molecule has 0 N–H and O–H groups in total. The van der Waals surface area contributed by atoms with Crippen LogP contribution in [0.4, 0.5) is 0 Å². The van der Waals surface area contributed by atoms with Crippen molar-refractivity contribution in [2.45, 2.75) is 0 Å². The highest BCUT2D eigenvalue weighted by atomic mass is 32.1. The Morgan fingerprint density at radius 1 is 0.379 bits per heavy atom. The third-order valence-electron chi connectivity index (χ3n) is 11.0. The fraction of sp³-hybridized carbons (Fsp3) is 0.0400. The molecule has 0 aliphatic heterocycles. The molecule has 0 aliphatic carbocycles. The van der Waals surface area contributed by atoms with Gasteiger partial charge in [0.25, 0.3) is 0 Å². The number of fused-ring (bicyclic) bond motifs is 14. The van der Waals surface area contributed by atoms with E-state index in [9.17, 15) is 9.59 Å². The van der Waals surface area contributed by atoms with Crippen LogP contribution in [0.5, 0.6) is 11.5 Å². The van der Waals surface area contributed by atoms with Crippen molar-refractivity contribution in [2.75, 3.05) is 14.2 Å². The lowest BCUT2D eigenvalue weighted by Crippen LogP contribution is -1.97. The van der Waals surface area contributed by atoms with Gasteiger partial charge in [-0.25, -0.2) is 9.59 Å². The Labute approximate surface area is 337 Å². The first kappa shape index (κ1) is 34.3. The largest absolute Gasteiger partial charge is 0.497 e. The lowest BCUT2D eigenvalue weighted by atomic mass is 9.98. The van der Waals surface area contributed by atoms with Crippen LogP contribution in [-0.4, -0.2) is 14.2 Å². The Morgan fingerprint density at radius 3 is 1.19 bits per heavy atom. The van der Waals surface area contributed by atoms with Gasteiger partial charge in [-0.3, -0.25) is 0 Å². The summed E-state index contributed by atoms with van der Waals surface area (Å²) >= 11 is 3.27. The smallest absolute Gasteiger partial charge is 0.343 e. The van der Waals surface area contributed by atoms with Crippen LogP contribution in [0.25, 0.3) is 105 Å².